The van der Waals surface area contributed by atoms with Crippen LogP contribution in [-0.2, 0) is 9.47 Å². The van der Waals surface area contributed by atoms with Crippen molar-refractivity contribution in [3.63, 3.8) is 0 Å². The maximum atomic E-state index is 12.9. The molecule has 1 saturated heterocycles. The Morgan fingerprint density at radius 2 is 1.93 bits per heavy atom. The van der Waals surface area contributed by atoms with Crippen LogP contribution in [0.5, 0.6) is 5.75 Å². The van der Waals surface area contributed by atoms with Gasteiger partial charge in [-0.3, -0.25) is 4.90 Å². The van der Waals surface area contributed by atoms with Gasteiger partial charge in [0.05, 0.1) is 25.9 Å². The highest BCUT2D eigenvalue weighted by Crippen LogP contribution is 2.33. The molecular formula is C22H32F2N2O3. The van der Waals surface area contributed by atoms with Crippen molar-refractivity contribution in [3.05, 3.63) is 36.0 Å². The average Bonchev–Trinajstić information content (AvgIpc) is 2.64. The summed E-state index contributed by atoms with van der Waals surface area (Å²) in [6, 6.07) is 6.55. The number of anilines is 1. The monoisotopic (exact) mass is 410 g/mol. The van der Waals surface area contributed by atoms with Crippen LogP contribution in [-0.4, -0.2) is 56.6 Å². The van der Waals surface area contributed by atoms with Crippen molar-refractivity contribution in [2.24, 2.45) is 5.92 Å². The van der Waals surface area contributed by atoms with Gasteiger partial charge in [0.15, 0.2) is 0 Å². The first-order chi connectivity index (χ1) is 13.9. The van der Waals surface area contributed by atoms with Gasteiger partial charge in [0.1, 0.15) is 5.75 Å². The zero-order chi connectivity index (χ0) is 20.7. The normalized spacial score (nSPS) is 23.5. The van der Waals surface area contributed by atoms with Gasteiger partial charge < -0.3 is 19.5 Å². The van der Waals surface area contributed by atoms with E-state index in [4.69, 9.17) is 9.47 Å². The van der Waals surface area contributed by atoms with Crippen molar-refractivity contribution in [2.45, 2.75) is 45.3 Å². The van der Waals surface area contributed by atoms with Crippen LogP contribution in [0, 0.1) is 5.92 Å². The Hall–Kier alpha value is -1.70. The van der Waals surface area contributed by atoms with E-state index in [2.05, 4.69) is 21.0 Å². The van der Waals surface area contributed by atoms with E-state index in [-0.39, 0.29) is 5.75 Å². The lowest BCUT2D eigenvalue weighted by Gasteiger charge is -2.35. The molecule has 1 aliphatic carbocycles. The van der Waals surface area contributed by atoms with Crippen LogP contribution in [0.15, 0.2) is 36.0 Å². The summed E-state index contributed by atoms with van der Waals surface area (Å²) in [5.74, 6) is 0.821. The summed E-state index contributed by atoms with van der Waals surface area (Å²) in [4.78, 5) is 2.39. The van der Waals surface area contributed by atoms with Gasteiger partial charge in [0.2, 0.25) is 0 Å². The Kier molecular flexibility index (Phi) is 7.86. The van der Waals surface area contributed by atoms with E-state index in [1.54, 1.807) is 12.1 Å². The van der Waals surface area contributed by atoms with Crippen LogP contribution in [0.2, 0.25) is 0 Å². The quantitative estimate of drug-likeness (QED) is 0.615. The molecule has 7 heteroatoms. The van der Waals surface area contributed by atoms with Crippen molar-refractivity contribution in [3.8, 4) is 5.75 Å². The molecule has 0 unspecified atom stereocenters. The van der Waals surface area contributed by atoms with Gasteiger partial charge in [-0.1, -0.05) is 6.08 Å². The minimum atomic E-state index is -3.17. The second kappa shape index (κ2) is 10.4. The van der Waals surface area contributed by atoms with Crippen LogP contribution in [0.1, 0.15) is 33.1 Å². The van der Waals surface area contributed by atoms with Crippen LogP contribution < -0.4 is 10.1 Å². The number of nitrogens with zero attached hydrogens (tertiary/aromatic N) is 1. The molecule has 0 amide bonds. The first kappa shape index (κ1) is 22.0. The molecule has 0 radical (unpaired) electrons. The fraction of sp³-hybridized carbons (Fsp3) is 0.636. The van der Waals surface area contributed by atoms with Gasteiger partial charge in [0.25, 0.3) is 0 Å². The highest BCUT2D eigenvalue weighted by molar-refractivity contribution is 5.50. The number of hydrogen-bond donors (Lipinski definition) is 1. The number of alkyl halides is 2. The molecule has 2 aliphatic rings. The van der Waals surface area contributed by atoms with E-state index in [0.717, 1.165) is 77.0 Å². The fourth-order valence-electron chi connectivity index (χ4n) is 3.61. The van der Waals surface area contributed by atoms with Gasteiger partial charge in [-0.2, -0.15) is 8.78 Å². The van der Waals surface area contributed by atoms with Gasteiger partial charge in [-0.25, -0.2) is 0 Å². The molecule has 5 nitrogen and oxygen atoms in total. The van der Waals surface area contributed by atoms with E-state index in [9.17, 15) is 8.78 Å². The van der Waals surface area contributed by atoms with E-state index in [1.165, 1.54) is 12.1 Å². The van der Waals surface area contributed by atoms with E-state index >= 15 is 0 Å². The zero-order valence-electron chi connectivity index (χ0n) is 17.3. The SMILES string of the molecule is C/C(=C/CC1CC(OCCN2CCOCC2)C1)Nc1ccc(OC(C)(F)F)cc1. The molecule has 1 aliphatic heterocycles. The number of nitrogens with one attached hydrogen (secondary N) is 1. The molecule has 1 saturated carbocycles. The van der Waals surface area contributed by atoms with Gasteiger partial charge in [-0.15, -0.1) is 0 Å². The molecule has 0 spiro atoms. The Morgan fingerprint density at radius 1 is 1.24 bits per heavy atom. The summed E-state index contributed by atoms with van der Waals surface area (Å²) >= 11 is 0. The lowest BCUT2D eigenvalue weighted by Crippen LogP contribution is -2.40. The summed E-state index contributed by atoms with van der Waals surface area (Å²) < 4.78 is 41.6. The lowest BCUT2D eigenvalue weighted by molar-refractivity contribution is -0.158. The molecule has 0 bridgehead atoms. The highest BCUT2D eigenvalue weighted by Gasteiger charge is 2.29. The first-order valence-corrected chi connectivity index (χ1v) is 10.4. The van der Waals surface area contributed by atoms with Gasteiger partial charge in [0, 0.05) is 37.9 Å². The predicted molar refractivity (Wildman–Crippen MR) is 109 cm³/mol. The topological polar surface area (TPSA) is 43.0 Å². The van der Waals surface area contributed by atoms with Crippen molar-refractivity contribution in [2.75, 3.05) is 44.8 Å². The minimum Gasteiger partial charge on any atom is -0.433 e. The second-order valence-electron chi connectivity index (χ2n) is 7.97. The first-order valence-electron chi connectivity index (χ1n) is 10.4. The second-order valence-corrected chi connectivity index (χ2v) is 7.97. The third kappa shape index (κ3) is 7.91. The molecule has 0 atom stereocenters. The van der Waals surface area contributed by atoms with E-state index in [1.807, 2.05) is 6.92 Å². The summed E-state index contributed by atoms with van der Waals surface area (Å²) in [6.07, 6.45) is 2.67. The molecule has 3 rings (SSSR count). The summed E-state index contributed by atoms with van der Waals surface area (Å²) in [7, 11) is 0. The van der Waals surface area contributed by atoms with Crippen LogP contribution >= 0.6 is 0 Å². The molecule has 0 aromatic heterocycles. The number of rotatable bonds is 10. The van der Waals surface area contributed by atoms with E-state index in [0.29, 0.717) is 12.0 Å². The number of morpholine rings is 1. The molecule has 1 aromatic rings. The van der Waals surface area contributed by atoms with Crippen molar-refractivity contribution < 1.29 is 23.0 Å². The molecule has 1 heterocycles. The molecule has 2 fully saturated rings. The summed E-state index contributed by atoms with van der Waals surface area (Å²) in [5, 5.41) is 3.29. The van der Waals surface area contributed by atoms with Crippen molar-refractivity contribution in [1.29, 1.82) is 0 Å². The summed E-state index contributed by atoms with van der Waals surface area (Å²) in [6.45, 7) is 8.22. The maximum absolute atomic E-state index is 12.9. The molecule has 162 valence electrons. The highest BCUT2D eigenvalue weighted by atomic mass is 19.3. The molecule has 1 aromatic carbocycles. The van der Waals surface area contributed by atoms with Crippen LogP contribution in [0.4, 0.5) is 14.5 Å². The van der Waals surface area contributed by atoms with Crippen LogP contribution in [0.3, 0.4) is 0 Å². The molecular weight excluding hydrogens is 378 g/mol. The van der Waals surface area contributed by atoms with Gasteiger partial charge in [-0.05, 0) is 56.4 Å². The smallest absolute Gasteiger partial charge is 0.394 e. The lowest BCUT2D eigenvalue weighted by atomic mass is 9.80. The third-order valence-electron chi connectivity index (χ3n) is 5.31. The summed E-state index contributed by atoms with van der Waals surface area (Å²) in [5.41, 5.74) is 1.90. The van der Waals surface area contributed by atoms with Gasteiger partial charge >= 0.3 is 6.11 Å². The Balaban J connectivity index is 1.29. The standard InChI is InChI=1S/C22H32F2N2O3/c1-17(25-19-5-7-20(8-6-19)29-22(2,23)24)3-4-18-15-21(16-18)28-14-11-26-9-12-27-13-10-26/h3,5-8,18,21,25H,4,9-16H2,1-2H3/b17-3-. The van der Waals surface area contributed by atoms with Crippen molar-refractivity contribution >= 4 is 5.69 Å². The number of halogens is 2. The Bertz CT molecular complexity index is 649. The average molecular weight is 411 g/mol. The van der Waals surface area contributed by atoms with E-state index < -0.39 is 6.11 Å². The fourth-order valence-corrected chi connectivity index (χ4v) is 3.61. The number of allylic oxidation sites excluding steroid dienone is 2. The van der Waals surface area contributed by atoms with Crippen molar-refractivity contribution in [1.82, 2.24) is 4.90 Å². The third-order valence-corrected chi connectivity index (χ3v) is 5.31. The van der Waals surface area contributed by atoms with Crippen LogP contribution in [0.25, 0.3) is 0 Å². The molecule has 1 N–H and O–H groups in total. The maximum Gasteiger partial charge on any atom is 0.394 e. The Labute approximate surface area is 172 Å². The largest absolute Gasteiger partial charge is 0.433 e. The minimum absolute atomic E-state index is 0.152. The molecule has 29 heavy (non-hydrogen) atoms. The number of hydrogen-bond acceptors (Lipinski definition) is 5. The number of ether oxygens (including phenoxy) is 3. The zero-order valence-corrected chi connectivity index (χ0v) is 17.3. The predicted octanol–water partition coefficient (Wildman–Crippen LogP) is 4.51. The Morgan fingerprint density at radius 3 is 2.59 bits per heavy atom. The number of benzene rings is 1.